The predicted octanol–water partition coefficient (Wildman–Crippen LogP) is 2.23. The molecule has 1 aromatic heterocycles. The topological polar surface area (TPSA) is 17.1 Å². The van der Waals surface area contributed by atoms with Crippen molar-refractivity contribution in [3.63, 3.8) is 0 Å². The molecule has 9 heavy (non-hydrogen) atoms. The molecule has 0 amide bonds. The van der Waals surface area contributed by atoms with Crippen LogP contribution in [0.25, 0.3) is 0 Å². The number of alkyl halides is 1. The van der Waals surface area contributed by atoms with E-state index in [4.69, 9.17) is 11.6 Å². The number of hydrogen-bond acceptors (Lipinski definition) is 2. The van der Waals surface area contributed by atoms with Gasteiger partial charge in [0.15, 0.2) is 0 Å². The van der Waals surface area contributed by atoms with Crippen molar-refractivity contribution in [1.29, 1.82) is 0 Å². The molecule has 0 N–H and O–H groups in total. The molecule has 1 aromatic rings. The Kier molecular flexibility index (Phi) is 2.25. The second-order valence-electron chi connectivity index (χ2n) is 1.55. The number of thiophene rings is 1. The van der Waals surface area contributed by atoms with Gasteiger partial charge in [0, 0.05) is 4.88 Å². The maximum absolute atomic E-state index is 10.1. The van der Waals surface area contributed by atoms with E-state index in [-0.39, 0.29) is 0 Å². The van der Waals surface area contributed by atoms with E-state index in [2.05, 4.69) is 0 Å². The van der Waals surface area contributed by atoms with Gasteiger partial charge >= 0.3 is 0 Å². The SMILES string of the molecule is O=C[C@H](Cl)c1cccs1. The first-order valence-electron chi connectivity index (χ1n) is 2.47. The lowest BCUT2D eigenvalue weighted by Gasteiger charge is -1.91. The van der Waals surface area contributed by atoms with Crippen molar-refractivity contribution in [2.75, 3.05) is 0 Å². The molecule has 0 unspecified atom stereocenters. The van der Waals surface area contributed by atoms with E-state index in [1.165, 1.54) is 11.3 Å². The van der Waals surface area contributed by atoms with Crippen LogP contribution in [0.3, 0.4) is 0 Å². The molecule has 0 spiro atoms. The average Bonchev–Trinajstić information content (AvgIpc) is 2.37. The quantitative estimate of drug-likeness (QED) is 0.479. The first-order chi connectivity index (χ1) is 4.34. The third-order valence-electron chi connectivity index (χ3n) is 0.934. The first-order valence-corrected chi connectivity index (χ1v) is 3.79. The fraction of sp³-hybridized carbons (Fsp3) is 0.167. The van der Waals surface area contributed by atoms with E-state index in [9.17, 15) is 4.79 Å². The molecule has 0 bridgehead atoms. The Hall–Kier alpha value is -0.340. The predicted molar refractivity (Wildman–Crippen MR) is 39.0 cm³/mol. The Balaban J connectivity index is 2.76. The van der Waals surface area contributed by atoms with Crippen LogP contribution in [0.15, 0.2) is 17.5 Å². The van der Waals surface area contributed by atoms with E-state index in [1.807, 2.05) is 17.5 Å². The Morgan fingerprint density at radius 2 is 2.56 bits per heavy atom. The summed E-state index contributed by atoms with van der Waals surface area (Å²) in [6.45, 7) is 0. The van der Waals surface area contributed by atoms with Crippen molar-refractivity contribution in [2.24, 2.45) is 0 Å². The molecule has 0 aliphatic rings. The van der Waals surface area contributed by atoms with Crippen LogP contribution in [-0.2, 0) is 4.79 Å². The third-order valence-corrected chi connectivity index (χ3v) is 2.36. The molecular formula is C6H5ClOS. The Labute approximate surface area is 62.3 Å². The largest absolute Gasteiger partial charge is 0.301 e. The normalized spacial score (nSPS) is 13.0. The van der Waals surface area contributed by atoms with Crippen molar-refractivity contribution in [3.8, 4) is 0 Å². The Morgan fingerprint density at radius 1 is 1.78 bits per heavy atom. The molecule has 0 saturated heterocycles. The van der Waals surface area contributed by atoms with E-state index in [1.54, 1.807) is 0 Å². The van der Waals surface area contributed by atoms with E-state index in [0.717, 1.165) is 11.2 Å². The Morgan fingerprint density at radius 3 is 3.00 bits per heavy atom. The fourth-order valence-electron chi connectivity index (χ4n) is 0.515. The molecule has 0 aliphatic carbocycles. The molecule has 0 radical (unpaired) electrons. The van der Waals surface area contributed by atoms with Gasteiger partial charge in [0.1, 0.15) is 11.7 Å². The van der Waals surface area contributed by atoms with Gasteiger partial charge < -0.3 is 4.79 Å². The van der Waals surface area contributed by atoms with Crippen LogP contribution in [0, 0.1) is 0 Å². The highest BCUT2D eigenvalue weighted by molar-refractivity contribution is 7.10. The van der Waals surface area contributed by atoms with Crippen LogP contribution in [-0.4, -0.2) is 6.29 Å². The zero-order valence-electron chi connectivity index (χ0n) is 4.58. The minimum atomic E-state index is -0.454. The monoisotopic (exact) mass is 160 g/mol. The highest BCUT2D eigenvalue weighted by Crippen LogP contribution is 2.22. The van der Waals surface area contributed by atoms with Crippen LogP contribution in [0.4, 0.5) is 0 Å². The zero-order valence-corrected chi connectivity index (χ0v) is 6.15. The summed E-state index contributed by atoms with van der Waals surface area (Å²) in [7, 11) is 0. The van der Waals surface area contributed by atoms with Gasteiger partial charge in [-0.05, 0) is 11.4 Å². The lowest BCUT2D eigenvalue weighted by Crippen LogP contribution is -1.84. The lowest BCUT2D eigenvalue weighted by molar-refractivity contribution is -0.107. The molecule has 0 fully saturated rings. The highest BCUT2D eigenvalue weighted by atomic mass is 35.5. The summed E-state index contributed by atoms with van der Waals surface area (Å²) >= 11 is 7.07. The molecule has 3 heteroatoms. The average molecular weight is 161 g/mol. The molecule has 1 rings (SSSR count). The van der Waals surface area contributed by atoms with Crippen LogP contribution >= 0.6 is 22.9 Å². The van der Waals surface area contributed by atoms with E-state index < -0.39 is 5.38 Å². The molecule has 0 aliphatic heterocycles. The molecule has 0 saturated carbocycles. The van der Waals surface area contributed by atoms with Crippen LogP contribution in [0.2, 0.25) is 0 Å². The third kappa shape index (κ3) is 1.53. The van der Waals surface area contributed by atoms with Gasteiger partial charge in [0.05, 0.1) is 0 Å². The van der Waals surface area contributed by atoms with Gasteiger partial charge in [-0.1, -0.05) is 6.07 Å². The van der Waals surface area contributed by atoms with Crippen molar-refractivity contribution in [1.82, 2.24) is 0 Å². The lowest BCUT2D eigenvalue weighted by atomic mass is 10.4. The smallest absolute Gasteiger partial charge is 0.143 e. The summed E-state index contributed by atoms with van der Waals surface area (Å²) in [5, 5.41) is 1.44. The molecule has 1 atom stereocenters. The van der Waals surface area contributed by atoms with Crippen molar-refractivity contribution >= 4 is 29.2 Å². The van der Waals surface area contributed by atoms with E-state index >= 15 is 0 Å². The van der Waals surface area contributed by atoms with Gasteiger partial charge in [-0.15, -0.1) is 22.9 Å². The van der Waals surface area contributed by atoms with Crippen molar-refractivity contribution in [2.45, 2.75) is 5.38 Å². The number of aldehydes is 1. The van der Waals surface area contributed by atoms with Crippen LogP contribution in [0.1, 0.15) is 10.3 Å². The minimum Gasteiger partial charge on any atom is -0.301 e. The summed E-state index contributed by atoms with van der Waals surface area (Å²) < 4.78 is 0. The van der Waals surface area contributed by atoms with Gasteiger partial charge in [-0.25, -0.2) is 0 Å². The maximum atomic E-state index is 10.1. The molecule has 48 valence electrons. The highest BCUT2D eigenvalue weighted by Gasteiger charge is 2.04. The summed E-state index contributed by atoms with van der Waals surface area (Å²) in [5.74, 6) is 0. The maximum Gasteiger partial charge on any atom is 0.143 e. The molecule has 1 nitrogen and oxygen atoms in total. The second kappa shape index (κ2) is 2.99. The first kappa shape index (κ1) is 6.78. The van der Waals surface area contributed by atoms with Gasteiger partial charge in [0.25, 0.3) is 0 Å². The fourth-order valence-corrected chi connectivity index (χ4v) is 1.40. The minimum absolute atomic E-state index is 0.454. The molecule has 0 aromatic carbocycles. The number of carbonyl (C=O) groups excluding carboxylic acids is 1. The summed E-state index contributed by atoms with van der Waals surface area (Å²) in [6.07, 6.45) is 0.730. The standard InChI is InChI=1S/C6H5ClOS/c7-5(4-8)6-2-1-3-9-6/h1-5H/t5-/m0/s1. The van der Waals surface area contributed by atoms with Crippen LogP contribution in [0.5, 0.6) is 0 Å². The van der Waals surface area contributed by atoms with E-state index in [0.29, 0.717) is 0 Å². The zero-order chi connectivity index (χ0) is 6.69. The van der Waals surface area contributed by atoms with Crippen molar-refractivity contribution in [3.05, 3.63) is 22.4 Å². The van der Waals surface area contributed by atoms with Gasteiger partial charge in [-0.3, -0.25) is 0 Å². The van der Waals surface area contributed by atoms with Gasteiger partial charge in [-0.2, -0.15) is 0 Å². The number of rotatable bonds is 2. The summed E-state index contributed by atoms with van der Waals surface area (Å²) in [6, 6.07) is 3.72. The van der Waals surface area contributed by atoms with Gasteiger partial charge in [0.2, 0.25) is 0 Å². The summed E-state index contributed by atoms with van der Waals surface area (Å²) in [5.41, 5.74) is 0. The number of hydrogen-bond donors (Lipinski definition) is 0. The second-order valence-corrected chi connectivity index (χ2v) is 3.00. The number of halogens is 1. The molecular weight excluding hydrogens is 156 g/mol. The van der Waals surface area contributed by atoms with Crippen molar-refractivity contribution < 1.29 is 4.79 Å². The molecule has 1 heterocycles. The van der Waals surface area contributed by atoms with Crippen LogP contribution < -0.4 is 0 Å². The summed E-state index contributed by atoms with van der Waals surface area (Å²) in [4.78, 5) is 11.0. The Bertz CT molecular complexity index is 183. The number of carbonyl (C=O) groups is 1.